The van der Waals surface area contributed by atoms with Gasteiger partial charge in [-0.15, -0.1) is 0 Å². The smallest absolute Gasteiger partial charge is 0.206 e. The normalized spacial score (nSPS) is 11.2. The zero-order valence-electron chi connectivity index (χ0n) is 30.6. The molecular formula is C41H66O4Si. The van der Waals surface area contributed by atoms with Gasteiger partial charge in [0.1, 0.15) is 28.8 Å². The van der Waals surface area contributed by atoms with Crippen molar-refractivity contribution in [2.24, 2.45) is 0 Å². The van der Waals surface area contributed by atoms with Crippen LogP contribution in [0.1, 0.15) is 147 Å². The average molecular weight is 651 g/mol. The van der Waals surface area contributed by atoms with Gasteiger partial charge >= 0.3 is 0 Å². The van der Waals surface area contributed by atoms with Gasteiger partial charge in [-0.1, -0.05) is 92.9 Å². The van der Waals surface area contributed by atoms with Crippen molar-refractivity contribution in [2.45, 2.75) is 163 Å². The molecule has 258 valence electrons. The van der Waals surface area contributed by atoms with Crippen molar-refractivity contribution in [2.75, 3.05) is 0 Å². The van der Waals surface area contributed by atoms with Crippen LogP contribution in [-0.2, 0) is 25.7 Å². The summed E-state index contributed by atoms with van der Waals surface area (Å²) in [5, 5.41) is 2.41. The Bertz CT molecular complexity index is 1190. The molecule has 46 heavy (non-hydrogen) atoms. The van der Waals surface area contributed by atoms with Crippen molar-refractivity contribution in [1.82, 2.24) is 0 Å². The van der Waals surface area contributed by atoms with Gasteiger partial charge in [-0.05, 0) is 93.2 Å². The molecule has 4 rings (SSSR count). The van der Waals surface area contributed by atoms with E-state index in [0.29, 0.717) is 0 Å². The fraction of sp³-hybridized carbons (Fsp3) is 0.610. The van der Waals surface area contributed by atoms with Crippen LogP contribution in [0, 0.1) is 6.92 Å². The maximum absolute atomic E-state index is 6.34. The lowest BCUT2D eigenvalue weighted by atomic mass is 10.2. The predicted octanol–water partition coefficient (Wildman–Crippen LogP) is 12.3. The zero-order chi connectivity index (χ0) is 33.5. The minimum atomic E-state index is -1.88. The molecule has 0 unspecified atom stereocenters. The monoisotopic (exact) mass is 650 g/mol. The summed E-state index contributed by atoms with van der Waals surface area (Å²) < 4.78 is 23.3. The molecule has 0 N–H and O–H groups in total. The first-order valence-corrected chi connectivity index (χ1v) is 21.1. The van der Waals surface area contributed by atoms with Crippen molar-refractivity contribution in [3.8, 4) is 0 Å². The molecule has 0 aliphatic carbocycles. The van der Waals surface area contributed by atoms with E-state index < -0.39 is 8.07 Å². The highest BCUT2D eigenvalue weighted by atomic mass is 28.3. The largest absolute Gasteiger partial charge is 0.471 e. The van der Waals surface area contributed by atoms with E-state index in [2.05, 4.69) is 71.9 Å². The summed E-state index contributed by atoms with van der Waals surface area (Å²) in [6.07, 6.45) is 21.2. The van der Waals surface area contributed by atoms with Crippen LogP contribution < -0.4 is 10.8 Å². The summed E-state index contributed by atoms with van der Waals surface area (Å²) in [5.41, 5.74) is 0. The van der Waals surface area contributed by atoms with Crippen LogP contribution in [0.25, 0.3) is 0 Å². The highest BCUT2D eigenvalue weighted by Crippen LogP contribution is 2.20. The first-order chi connectivity index (χ1) is 22.5. The van der Waals surface area contributed by atoms with E-state index in [4.69, 9.17) is 17.7 Å². The van der Waals surface area contributed by atoms with Crippen molar-refractivity contribution < 1.29 is 17.7 Å². The fourth-order valence-electron chi connectivity index (χ4n) is 5.88. The molecular weight excluding hydrogens is 585 g/mol. The molecule has 0 atom stereocenters. The van der Waals surface area contributed by atoms with Crippen molar-refractivity contribution >= 4 is 18.8 Å². The third kappa shape index (κ3) is 14.0. The minimum Gasteiger partial charge on any atom is -0.471 e. The molecule has 0 spiro atoms. The third-order valence-electron chi connectivity index (χ3n) is 8.96. The number of furan rings is 4. The SMILES string of the molecule is CCCCCc1ccc(C)o1.CCCCCc1ccc([Si](CC)(CC)c2ccc(CCCCC)o2)o1.CCCCCc1ccco1. The summed E-state index contributed by atoms with van der Waals surface area (Å²) in [7, 11) is -1.88. The molecule has 0 bridgehead atoms. The maximum atomic E-state index is 6.34. The first kappa shape index (κ1) is 39.5. The lowest BCUT2D eigenvalue weighted by Gasteiger charge is -2.24. The number of aryl methyl sites for hydroxylation is 5. The quantitative estimate of drug-likeness (QED) is 0.0705. The minimum absolute atomic E-state index is 1.02. The second-order valence-electron chi connectivity index (χ2n) is 12.7. The standard InChI is InChI=1S/C22H36O2Si.C10H16O.C9H14O/c1-5-9-11-13-19-15-17-21(23-19)25(7-3,8-4)22-18-16-20(24-22)14-12-10-6-2;1-3-4-5-6-10-8-7-9(2)11-10;1-2-3-4-6-9-7-5-8-10-9/h15-18H,5-14H2,1-4H3;7-8H,3-6H2,1-2H3;5,7-8H,2-4,6H2,1H3. The highest BCUT2D eigenvalue weighted by molar-refractivity contribution is 7.00. The molecule has 0 saturated carbocycles. The van der Waals surface area contributed by atoms with Gasteiger partial charge in [-0.25, -0.2) is 0 Å². The summed E-state index contributed by atoms with van der Waals surface area (Å²) in [6.45, 7) is 15.5. The van der Waals surface area contributed by atoms with Gasteiger partial charge in [-0.3, -0.25) is 0 Å². The van der Waals surface area contributed by atoms with Gasteiger partial charge in [0.2, 0.25) is 8.07 Å². The van der Waals surface area contributed by atoms with Gasteiger partial charge in [0.05, 0.1) is 17.0 Å². The third-order valence-corrected chi connectivity index (χ3v) is 13.8. The maximum Gasteiger partial charge on any atom is 0.206 e. The molecule has 4 aromatic heterocycles. The molecule has 0 fully saturated rings. The Morgan fingerprint density at radius 3 is 1.22 bits per heavy atom. The van der Waals surface area contributed by atoms with E-state index in [0.717, 1.165) is 66.6 Å². The topological polar surface area (TPSA) is 52.6 Å². The van der Waals surface area contributed by atoms with Crippen LogP contribution in [0.4, 0.5) is 0 Å². The van der Waals surface area contributed by atoms with Crippen LogP contribution in [-0.4, -0.2) is 8.07 Å². The van der Waals surface area contributed by atoms with Crippen LogP contribution in [0.15, 0.2) is 72.5 Å². The van der Waals surface area contributed by atoms with E-state index in [-0.39, 0.29) is 0 Å². The number of hydrogen-bond donors (Lipinski definition) is 0. The molecule has 4 heterocycles. The Balaban J connectivity index is 0.000000287. The second-order valence-corrected chi connectivity index (χ2v) is 17.3. The fourth-order valence-corrected chi connectivity index (χ4v) is 9.47. The summed E-state index contributed by atoms with van der Waals surface area (Å²) in [6, 6.07) is 19.2. The van der Waals surface area contributed by atoms with Gasteiger partial charge in [0, 0.05) is 25.7 Å². The molecule has 0 aromatic carbocycles. The van der Waals surface area contributed by atoms with Crippen LogP contribution in [0.5, 0.6) is 0 Å². The lowest BCUT2D eigenvalue weighted by molar-refractivity contribution is 0.473. The van der Waals surface area contributed by atoms with Crippen LogP contribution in [0.2, 0.25) is 12.1 Å². The van der Waals surface area contributed by atoms with Gasteiger partial charge in [0.15, 0.2) is 0 Å². The Labute approximate surface area is 282 Å². The summed E-state index contributed by atoms with van der Waals surface area (Å²) in [4.78, 5) is 0. The molecule has 0 radical (unpaired) electrons. The van der Waals surface area contributed by atoms with E-state index in [1.165, 1.54) is 87.8 Å². The van der Waals surface area contributed by atoms with Crippen molar-refractivity contribution in [3.63, 3.8) is 0 Å². The molecule has 4 aromatic rings. The average Bonchev–Trinajstić information content (AvgIpc) is 3.90. The molecule has 0 aliphatic heterocycles. The zero-order valence-corrected chi connectivity index (χ0v) is 31.6. The second kappa shape index (κ2) is 23.6. The number of unbranched alkanes of at least 4 members (excludes halogenated alkanes) is 8. The van der Waals surface area contributed by atoms with Crippen LogP contribution in [0.3, 0.4) is 0 Å². The Morgan fingerprint density at radius 1 is 0.457 bits per heavy atom. The number of rotatable bonds is 20. The molecule has 0 saturated heterocycles. The van der Waals surface area contributed by atoms with Crippen molar-refractivity contribution in [3.05, 3.63) is 83.6 Å². The molecule has 5 heteroatoms. The molecule has 0 aliphatic rings. The van der Waals surface area contributed by atoms with Crippen LogP contribution >= 0.6 is 0 Å². The lowest BCUT2D eigenvalue weighted by Crippen LogP contribution is -2.56. The van der Waals surface area contributed by atoms with E-state index in [1.807, 2.05) is 25.1 Å². The summed E-state index contributed by atoms with van der Waals surface area (Å²) >= 11 is 0. The Morgan fingerprint density at radius 2 is 0.870 bits per heavy atom. The van der Waals surface area contributed by atoms with E-state index in [9.17, 15) is 0 Å². The van der Waals surface area contributed by atoms with Gasteiger partial charge in [0.25, 0.3) is 0 Å². The molecule has 4 nitrogen and oxygen atoms in total. The Kier molecular flexibility index (Phi) is 20.3. The first-order valence-electron chi connectivity index (χ1n) is 18.7. The van der Waals surface area contributed by atoms with E-state index in [1.54, 1.807) is 6.26 Å². The molecule has 0 amide bonds. The van der Waals surface area contributed by atoms with E-state index >= 15 is 0 Å². The van der Waals surface area contributed by atoms with Crippen molar-refractivity contribution in [1.29, 1.82) is 0 Å². The predicted molar refractivity (Wildman–Crippen MR) is 198 cm³/mol. The Hall–Kier alpha value is -2.66. The van der Waals surface area contributed by atoms with Gasteiger partial charge < -0.3 is 17.7 Å². The summed E-state index contributed by atoms with van der Waals surface area (Å²) in [5.74, 6) is 5.58. The van der Waals surface area contributed by atoms with Gasteiger partial charge in [-0.2, -0.15) is 0 Å². The number of hydrogen-bond acceptors (Lipinski definition) is 4. The highest BCUT2D eigenvalue weighted by Gasteiger charge is 2.40.